The molecule has 2 aliphatic carbocycles. The van der Waals surface area contributed by atoms with Gasteiger partial charge in [0.1, 0.15) is 5.69 Å². The third kappa shape index (κ3) is 2.45. The summed E-state index contributed by atoms with van der Waals surface area (Å²) >= 11 is 6.09. The van der Waals surface area contributed by atoms with Crippen LogP contribution in [-0.4, -0.2) is 15.6 Å². The van der Waals surface area contributed by atoms with Crippen molar-refractivity contribution < 1.29 is 4.79 Å². The molecule has 1 aromatic heterocycles. The van der Waals surface area contributed by atoms with E-state index >= 15 is 0 Å². The number of Topliss-reactive ketones (excluding diaryl/α,β-unsaturated/α-hetero) is 1. The lowest BCUT2D eigenvalue weighted by Gasteiger charge is -2.38. The fourth-order valence-electron chi connectivity index (χ4n) is 3.99. The van der Waals surface area contributed by atoms with Crippen LogP contribution in [0.4, 0.5) is 0 Å². The highest BCUT2D eigenvalue weighted by Crippen LogP contribution is 2.43. The molecule has 104 valence electrons. The molecule has 3 rings (SSSR count). The molecule has 0 aromatic carbocycles. The van der Waals surface area contributed by atoms with Gasteiger partial charge in [-0.1, -0.05) is 37.3 Å². The van der Waals surface area contributed by atoms with E-state index in [9.17, 15) is 4.79 Å². The summed E-state index contributed by atoms with van der Waals surface area (Å²) in [5.74, 6) is 2.00. The second-order valence-electron chi connectivity index (χ2n) is 6.14. The van der Waals surface area contributed by atoms with Crippen LogP contribution in [0.2, 0.25) is 5.02 Å². The maximum absolute atomic E-state index is 12.6. The van der Waals surface area contributed by atoms with E-state index in [1.165, 1.54) is 32.1 Å². The van der Waals surface area contributed by atoms with Gasteiger partial charge in [-0.2, -0.15) is 5.10 Å². The summed E-state index contributed by atoms with van der Waals surface area (Å²) < 4.78 is 1.62. The molecule has 0 aliphatic heterocycles. The van der Waals surface area contributed by atoms with Crippen LogP contribution in [0.1, 0.15) is 55.4 Å². The van der Waals surface area contributed by atoms with Crippen LogP contribution in [0, 0.1) is 17.8 Å². The summed E-state index contributed by atoms with van der Waals surface area (Å²) in [5, 5.41) is 4.58. The molecule has 3 nitrogen and oxygen atoms in total. The molecule has 1 aromatic rings. The van der Waals surface area contributed by atoms with E-state index in [-0.39, 0.29) is 11.7 Å². The topological polar surface area (TPSA) is 34.9 Å². The average molecular weight is 281 g/mol. The normalized spacial score (nSPS) is 30.9. The zero-order chi connectivity index (χ0) is 13.4. The molecule has 2 aliphatic rings. The second-order valence-corrected chi connectivity index (χ2v) is 6.55. The van der Waals surface area contributed by atoms with Crippen molar-refractivity contribution in [3.8, 4) is 0 Å². The number of nitrogens with zero attached hydrogens (tertiary/aromatic N) is 2. The van der Waals surface area contributed by atoms with Gasteiger partial charge in [-0.15, -0.1) is 0 Å². The molecule has 1 heterocycles. The van der Waals surface area contributed by atoms with Gasteiger partial charge in [0.25, 0.3) is 0 Å². The quantitative estimate of drug-likeness (QED) is 0.771. The van der Waals surface area contributed by atoms with Gasteiger partial charge in [0, 0.05) is 13.0 Å². The third-order valence-corrected chi connectivity index (χ3v) is 5.31. The molecule has 0 amide bonds. The Morgan fingerprint density at radius 3 is 2.68 bits per heavy atom. The summed E-state index contributed by atoms with van der Waals surface area (Å²) in [6.07, 6.45) is 10.3. The Morgan fingerprint density at radius 1 is 1.26 bits per heavy atom. The molecule has 0 radical (unpaired) electrons. The van der Waals surface area contributed by atoms with Crippen LogP contribution in [-0.2, 0) is 7.05 Å². The maximum Gasteiger partial charge on any atom is 0.185 e. The fourth-order valence-corrected chi connectivity index (χ4v) is 4.25. The van der Waals surface area contributed by atoms with E-state index in [0.29, 0.717) is 10.7 Å². The van der Waals surface area contributed by atoms with Crippen molar-refractivity contribution in [2.45, 2.75) is 44.9 Å². The first-order valence-corrected chi connectivity index (χ1v) is 7.76. The summed E-state index contributed by atoms with van der Waals surface area (Å²) in [6, 6.07) is 0. The Kier molecular flexibility index (Phi) is 3.66. The van der Waals surface area contributed by atoms with Gasteiger partial charge in [0.15, 0.2) is 5.78 Å². The fraction of sp³-hybridized carbons (Fsp3) is 0.733. The number of carbonyl (C=O) groups excluding carboxylic acids is 1. The first kappa shape index (κ1) is 13.2. The van der Waals surface area contributed by atoms with Crippen LogP contribution in [0.5, 0.6) is 0 Å². The van der Waals surface area contributed by atoms with E-state index in [1.807, 2.05) is 0 Å². The Bertz CT molecular complexity index is 463. The number of fused-ring (bicyclic) bond motifs is 1. The largest absolute Gasteiger partial charge is 0.292 e. The zero-order valence-corrected chi connectivity index (χ0v) is 12.2. The van der Waals surface area contributed by atoms with Crippen molar-refractivity contribution in [1.82, 2.24) is 9.78 Å². The highest BCUT2D eigenvalue weighted by atomic mass is 35.5. The highest BCUT2D eigenvalue weighted by molar-refractivity contribution is 6.33. The van der Waals surface area contributed by atoms with Gasteiger partial charge in [-0.25, -0.2) is 0 Å². The van der Waals surface area contributed by atoms with Gasteiger partial charge >= 0.3 is 0 Å². The predicted molar refractivity (Wildman–Crippen MR) is 75.3 cm³/mol. The molecule has 4 heteroatoms. The molecule has 2 fully saturated rings. The number of aryl methyl sites for hydroxylation is 1. The van der Waals surface area contributed by atoms with Gasteiger partial charge in [-0.05, 0) is 31.1 Å². The lowest BCUT2D eigenvalue weighted by atomic mass is 9.66. The minimum atomic E-state index is 0.159. The van der Waals surface area contributed by atoms with Crippen molar-refractivity contribution in [3.05, 3.63) is 16.9 Å². The van der Waals surface area contributed by atoms with Gasteiger partial charge in [-0.3, -0.25) is 9.48 Å². The Balaban J connectivity index is 1.74. The summed E-state index contributed by atoms with van der Waals surface area (Å²) in [5.41, 5.74) is 0.598. The molecule has 0 saturated heterocycles. The first-order valence-electron chi connectivity index (χ1n) is 7.38. The van der Waals surface area contributed by atoms with Gasteiger partial charge < -0.3 is 0 Å². The summed E-state index contributed by atoms with van der Waals surface area (Å²) in [6.45, 7) is 0. The predicted octanol–water partition coefficient (Wildman–Crippen LogP) is 3.86. The van der Waals surface area contributed by atoms with E-state index in [1.54, 1.807) is 17.9 Å². The number of hydrogen-bond acceptors (Lipinski definition) is 2. The van der Waals surface area contributed by atoms with Crippen molar-refractivity contribution >= 4 is 17.4 Å². The first-order chi connectivity index (χ1) is 9.16. The smallest absolute Gasteiger partial charge is 0.185 e. The Labute approximate surface area is 119 Å². The SMILES string of the molecule is Cn1ncc(Cl)c1C(=O)C1CCC2CCCCC2C1. The molecule has 0 N–H and O–H groups in total. The number of aromatic nitrogens is 2. The zero-order valence-electron chi connectivity index (χ0n) is 11.4. The number of carbonyl (C=O) groups is 1. The van der Waals surface area contributed by atoms with Crippen molar-refractivity contribution in [1.29, 1.82) is 0 Å². The maximum atomic E-state index is 12.6. The molecular weight excluding hydrogens is 260 g/mol. The molecular formula is C15H21ClN2O. The number of rotatable bonds is 2. The molecule has 3 unspecified atom stereocenters. The second kappa shape index (κ2) is 5.28. The van der Waals surface area contributed by atoms with Gasteiger partial charge in [0.05, 0.1) is 11.2 Å². The van der Waals surface area contributed by atoms with Crippen LogP contribution in [0.15, 0.2) is 6.20 Å². The van der Waals surface area contributed by atoms with Crippen LogP contribution in [0.3, 0.4) is 0 Å². The van der Waals surface area contributed by atoms with Gasteiger partial charge in [0.2, 0.25) is 0 Å². The van der Waals surface area contributed by atoms with E-state index in [2.05, 4.69) is 5.10 Å². The number of halogens is 1. The van der Waals surface area contributed by atoms with E-state index < -0.39 is 0 Å². The molecule has 0 bridgehead atoms. The van der Waals surface area contributed by atoms with Crippen molar-refractivity contribution in [3.63, 3.8) is 0 Å². The monoisotopic (exact) mass is 280 g/mol. The molecule has 3 atom stereocenters. The highest BCUT2D eigenvalue weighted by Gasteiger charge is 2.36. The van der Waals surface area contributed by atoms with Crippen LogP contribution >= 0.6 is 11.6 Å². The average Bonchev–Trinajstić information content (AvgIpc) is 2.77. The Hall–Kier alpha value is -0.830. The van der Waals surface area contributed by atoms with E-state index in [4.69, 9.17) is 11.6 Å². The van der Waals surface area contributed by atoms with E-state index in [0.717, 1.165) is 24.7 Å². The van der Waals surface area contributed by atoms with Crippen LogP contribution < -0.4 is 0 Å². The van der Waals surface area contributed by atoms with Crippen molar-refractivity contribution in [2.75, 3.05) is 0 Å². The molecule has 2 saturated carbocycles. The molecule has 19 heavy (non-hydrogen) atoms. The Morgan fingerprint density at radius 2 is 2.00 bits per heavy atom. The standard InChI is InChI=1S/C15H21ClN2O/c1-18-14(13(16)9-17-18)15(19)12-7-6-10-4-2-3-5-11(10)8-12/h9-12H,2-8H2,1H3. The molecule has 0 spiro atoms. The lowest BCUT2D eigenvalue weighted by Crippen LogP contribution is -2.32. The van der Waals surface area contributed by atoms with Crippen LogP contribution in [0.25, 0.3) is 0 Å². The summed E-state index contributed by atoms with van der Waals surface area (Å²) in [4.78, 5) is 12.6. The minimum absolute atomic E-state index is 0.159. The minimum Gasteiger partial charge on any atom is -0.292 e. The third-order valence-electron chi connectivity index (χ3n) is 5.04. The lowest BCUT2D eigenvalue weighted by molar-refractivity contribution is 0.0754. The number of hydrogen-bond donors (Lipinski definition) is 0. The summed E-state index contributed by atoms with van der Waals surface area (Å²) in [7, 11) is 1.80. The number of ketones is 1. The van der Waals surface area contributed by atoms with Crippen molar-refractivity contribution in [2.24, 2.45) is 24.8 Å².